The molecule has 1 aliphatic carbocycles. The predicted octanol–water partition coefficient (Wildman–Crippen LogP) is 2.99. The summed E-state index contributed by atoms with van der Waals surface area (Å²) < 4.78 is 11.7. The van der Waals surface area contributed by atoms with Gasteiger partial charge in [0.25, 0.3) is 0 Å². The molecule has 1 aromatic carbocycles. The highest BCUT2D eigenvalue weighted by atomic mass is 16.6. The van der Waals surface area contributed by atoms with Gasteiger partial charge in [-0.15, -0.1) is 0 Å². The van der Waals surface area contributed by atoms with E-state index in [-0.39, 0.29) is 6.10 Å². The third kappa shape index (κ3) is 3.21. The van der Waals surface area contributed by atoms with Gasteiger partial charge in [0, 0.05) is 12.6 Å². The summed E-state index contributed by atoms with van der Waals surface area (Å²) in [6, 6.07) is 8.56. The van der Waals surface area contributed by atoms with Gasteiger partial charge in [0.2, 0.25) is 0 Å². The molecule has 1 heterocycles. The molecule has 1 N–H and O–H groups in total. The summed E-state index contributed by atoms with van der Waals surface area (Å²) in [5.74, 6) is 2.64. The Labute approximate surface area is 115 Å². The molecular weight excluding hydrogens is 238 g/mol. The fourth-order valence-electron chi connectivity index (χ4n) is 2.93. The third-order valence-electron chi connectivity index (χ3n) is 4.22. The van der Waals surface area contributed by atoms with Gasteiger partial charge in [0.05, 0.1) is 0 Å². The van der Waals surface area contributed by atoms with Crippen LogP contribution in [0.25, 0.3) is 0 Å². The monoisotopic (exact) mass is 261 g/mol. The van der Waals surface area contributed by atoms with E-state index in [0.717, 1.165) is 24.0 Å². The first-order chi connectivity index (χ1) is 9.31. The van der Waals surface area contributed by atoms with Crippen LogP contribution in [0.4, 0.5) is 0 Å². The molecule has 19 heavy (non-hydrogen) atoms. The summed E-state index contributed by atoms with van der Waals surface area (Å²) in [4.78, 5) is 0. The third-order valence-corrected chi connectivity index (χ3v) is 4.22. The molecule has 0 aromatic heterocycles. The Morgan fingerprint density at radius 3 is 2.63 bits per heavy atom. The minimum Gasteiger partial charge on any atom is -0.486 e. The van der Waals surface area contributed by atoms with Gasteiger partial charge >= 0.3 is 0 Å². The molecule has 2 aliphatic rings. The number of benzene rings is 1. The van der Waals surface area contributed by atoms with Gasteiger partial charge in [-0.2, -0.15) is 0 Å². The number of ether oxygens (including phenoxy) is 2. The lowest BCUT2D eigenvalue weighted by Crippen LogP contribution is -2.43. The molecule has 0 radical (unpaired) electrons. The quantitative estimate of drug-likeness (QED) is 0.907. The zero-order valence-electron chi connectivity index (χ0n) is 11.6. The molecule has 1 fully saturated rings. The van der Waals surface area contributed by atoms with Gasteiger partial charge in [0.1, 0.15) is 12.7 Å². The Hall–Kier alpha value is -1.22. The van der Waals surface area contributed by atoms with Gasteiger partial charge in [-0.1, -0.05) is 19.1 Å². The fourth-order valence-corrected chi connectivity index (χ4v) is 2.93. The van der Waals surface area contributed by atoms with E-state index >= 15 is 0 Å². The average Bonchev–Trinajstić information content (AvgIpc) is 2.46. The van der Waals surface area contributed by atoms with Crippen molar-refractivity contribution in [1.29, 1.82) is 0 Å². The maximum Gasteiger partial charge on any atom is 0.161 e. The molecule has 1 aliphatic heterocycles. The molecule has 0 spiro atoms. The lowest BCUT2D eigenvalue weighted by Gasteiger charge is -2.31. The van der Waals surface area contributed by atoms with Crippen LogP contribution in [0.3, 0.4) is 0 Å². The molecule has 104 valence electrons. The van der Waals surface area contributed by atoms with Crippen LogP contribution in [0, 0.1) is 5.92 Å². The molecule has 1 saturated carbocycles. The fraction of sp³-hybridized carbons (Fsp3) is 0.625. The van der Waals surface area contributed by atoms with Gasteiger partial charge in [-0.3, -0.25) is 0 Å². The molecule has 0 amide bonds. The van der Waals surface area contributed by atoms with Gasteiger partial charge in [-0.05, 0) is 43.7 Å². The molecule has 1 unspecified atom stereocenters. The average molecular weight is 261 g/mol. The van der Waals surface area contributed by atoms with Crippen molar-refractivity contribution < 1.29 is 9.47 Å². The van der Waals surface area contributed by atoms with Crippen molar-refractivity contribution in [3.63, 3.8) is 0 Å². The summed E-state index contributed by atoms with van der Waals surface area (Å²) in [6.07, 6.45) is 5.43. The zero-order chi connectivity index (χ0) is 13.1. The highest BCUT2D eigenvalue weighted by molar-refractivity contribution is 5.40. The maximum atomic E-state index is 5.96. The van der Waals surface area contributed by atoms with Crippen molar-refractivity contribution >= 4 is 0 Å². The van der Waals surface area contributed by atoms with Gasteiger partial charge in [0.15, 0.2) is 11.5 Å². The van der Waals surface area contributed by atoms with Crippen LogP contribution in [0.1, 0.15) is 32.6 Å². The van der Waals surface area contributed by atoms with E-state index in [4.69, 9.17) is 9.47 Å². The van der Waals surface area contributed by atoms with Crippen molar-refractivity contribution in [2.45, 2.75) is 44.8 Å². The van der Waals surface area contributed by atoms with E-state index < -0.39 is 0 Å². The van der Waals surface area contributed by atoms with Gasteiger partial charge in [-0.25, -0.2) is 0 Å². The normalized spacial score (nSPS) is 30.1. The highest BCUT2D eigenvalue weighted by Crippen LogP contribution is 2.31. The largest absolute Gasteiger partial charge is 0.486 e. The Morgan fingerprint density at radius 1 is 1.11 bits per heavy atom. The van der Waals surface area contributed by atoms with E-state index in [0.29, 0.717) is 12.6 Å². The highest BCUT2D eigenvalue weighted by Gasteiger charge is 2.23. The van der Waals surface area contributed by atoms with Crippen molar-refractivity contribution in [3.8, 4) is 11.5 Å². The second-order valence-electron chi connectivity index (χ2n) is 5.86. The van der Waals surface area contributed by atoms with E-state index in [2.05, 4.69) is 12.2 Å². The number of hydrogen-bond donors (Lipinski definition) is 1. The van der Waals surface area contributed by atoms with Crippen LogP contribution < -0.4 is 14.8 Å². The number of nitrogens with one attached hydrogen (secondary N) is 1. The van der Waals surface area contributed by atoms with Crippen LogP contribution in [0.2, 0.25) is 0 Å². The van der Waals surface area contributed by atoms with Crippen molar-refractivity contribution in [2.75, 3.05) is 13.2 Å². The van der Waals surface area contributed by atoms with Crippen molar-refractivity contribution in [3.05, 3.63) is 24.3 Å². The standard InChI is InChI=1S/C16H23NO2/c1-12-6-8-13(9-7-12)17-10-14-11-18-15-4-2-3-5-16(15)19-14/h2-5,12-14,17H,6-11H2,1H3. The summed E-state index contributed by atoms with van der Waals surface area (Å²) in [5, 5.41) is 3.64. The minimum atomic E-state index is 0.134. The smallest absolute Gasteiger partial charge is 0.161 e. The maximum absolute atomic E-state index is 5.96. The number of fused-ring (bicyclic) bond motifs is 1. The second-order valence-corrected chi connectivity index (χ2v) is 5.86. The zero-order valence-corrected chi connectivity index (χ0v) is 11.6. The number of rotatable bonds is 3. The van der Waals surface area contributed by atoms with Crippen LogP contribution in [-0.4, -0.2) is 25.3 Å². The Balaban J connectivity index is 1.47. The van der Waals surface area contributed by atoms with E-state index in [1.54, 1.807) is 0 Å². The van der Waals surface area contributed by atoms with Crippen LogP contribution in [0.5, 0.6) is 11.5 Å². The SMILES string of the molecule is CC1CCC(NCC2COc3ccccc3O2)CC1. The first kappa shape index (κ1) is 12.8. The molecule has 1 aromatic rings. The summed E-state index contributed by atoms with van der Waals surface area (Å²) in [5.41, 5.74) is 0. The minimum absolute atomic E-state index is 0.134. The van der Waals surface area contributed by atoms with Gasteiger partial charge < -0.3 is 14.8 Å². The molecule has 0 saturated heterocycles. The molecular formula is C16H23NO2. The van der Waals surface area contributed by atoms with Crippen molar-refractivity contribution in [1.82, 2.24) is 5.32 Å². The number of hydrogen-bond acceptors (Lipinski definition) is 3. The Morgan fingerprint density at radius 2 is 1.84 bits per heavy atom. The van der Waals surface area contributed by atoms with E-state index in [9.17, 15) is 0 Å². The summed E-state index contributed by atoms with van der Waals surface area (Å²) in [7, 11) is 0. The topological polar surface area (TPSA) is 30.5 Å². The lowest BCUT2D eigenvalue weighted by atomic mass is 9.87. The Bertz CT molecular complexity index is 413. The van der Waals surface area contributed by atoms with E-state index in [1.165, 1.54) is 25.7 Å². The van der Waals surface area contributed by atoms with Crippen LogP contribution >= 0.6 is 0 Å². The van der Waals surface area contributed by atoms with E-state index in [1.807, 2.05) is 24.3 Å². The second kappa shape index (κ2) is 5.83. The first-order valence-electron chi connectivity index (χ1n) is 7.43. The molecule has 3 rings (SSSR count). The first-order valence-corrected chi connectivity index (χ1v) is 7.43. The van der Waals surface area contributed by atoms with Crippen LogP contribution in [-0.2, 0) is 0 Å². The van der Waals surface area contributed by atoms with Crippen molar-refractivity contribution in [2.24, 2.45) is 5.92 Å². The Kier molecular flexibility index (Phi) is 3.92. The number of para-hydroxylation sites is 2. The summed E-state index contributed by atoms with van der Waals surface area (Å²) in [6.45, 7) is 3.88. The molecule has 0 bridgehead atoms. The lowest BCUT2D eigenvalue weighted by molar-refractivity contribution is 0.0862. The molecule has 3 nitrogen and oxygen atoms in total. The summed E-state index contributed by atoms with van der Waals surface area (Å²) >= 11 is 0. The predicted molar refractivity (Wildman–Crippen MR) is 75.8 cm³/mol. The molecule has 1 atom stereocenters. The molecule has 3 heteroatoms. The van der Waals surface area contributed by atoms with Crippen LogP contribution in [0.15, 0.2) is 24.3 Å².